The zero-order valence-electron chi connectivity index (χ0n) is 12.0. The lowest BCUT2D eigenvalue weighted by atomic mass is 10.3. The maximum atomic E-state index is 13.3. The molecule has 1 heterocycles. The molecule has 0 bridgehead atoms. The molecule has 0 spiro atoms. The highest BCUT2D eigenvalue weighted by Gasteiger charge is 2.10. The molecule has 0 saturated carbocycles. The number of carbonyl (C=O) groups excluding carboxylic acids is 1. The van der Waals surface area contributed by atoms with Crippen LogP contribution in [0, 0.1) is 5.82 Å². The minimum atomic E-state index is -0.390. The summed E-state index contributed by atoms with van der Waals surface area (Å²) in [7, 11) is 0. The predicted octanol–water partition coefficient (Wildman–Crippen LogP) is 2.12. The summed E-state index contributed by atoms with van der Waals surface area (Å²) in [5.41, 5.74) is 1.16. The van der Waals surface area contributed by atoms with Gasteiger partial charge in [0.05, 0.1) is 12.2 Å². The van der Waals surface area contributed by atoms with Crippen LogP contribution in [0.25, 0.3) is 5.69 Å². The van der Waals surface area contributed by atoms with Gasteiger partial charge < -0.3 is 10.6 Å². The molecule has 0 atom stereocenters. The second-order valence-electron chi connectivity index (χ2n) is 4.66. The zero-order chi connectivity index (χ0) is 16.1. The van der Waals surface area contributed by atoms with Crippen molar-refractivity contribution in [2.24, 2.45) is 0 Å². The molecule has 0 aliphatic heterocycles. The molecule has 2 aromatic carbocycles. The minimum Gasteiger partial charge on any atom is -0.330 e. The Morgan fingerprint density at radius 1 is 1.13 bits per heavy atom. The van der Waals surface area contributed by atoms with Crippen LogP contribution in [0.3, 0.4) is 0 Å². The van der Waals surface area contributed by atoms with Gasteiger partial charge in [-0.2, -0.15) is 4.68 Å². The summed E-state index contributed by atoms with van der Waals surface area (Å²) in [4.78, 5) is 11.8. The molecule has 0 aliphatic rings. The van der Waals surface area contributed by atoms with Crippen molar-refractivity contribution < 1.29 is 9.18 Å². The number of aromatic nitrogens is 4. The molecule has 0 fully saturated rings. The number of anilines is 1. The fourth-order valence-electron chi connectivity index (χ4n) is 1.98. The normalized spacial score (nSPS) is 10.3. The van der Waals surface area contributed by atoms with Crippen LogP contribution in [0.2, 0.25) is 0 Å². The van der Waals surface area contributed by atoms with Crippen LogP contribution in [0.1, 0.15) is 5.82 Å². The van der Waals surface area contributed by atoms with Gasteiger partial charge in [0.15, 0.2) is 5.82 Å². The van der Waals surface area contributed by atoms with E-state index >= 15 is 0 Å². The van der Waals surface area contributed by atoms with Crippen LogP contribution >= 0.6 is 0 Å². The van der Waals surface area contributed by atoms with E-state index in [4.69, 9.17) is 0 Å². The first-order valence-corrected chi connectivity index (χ1v) is 6.85. The third kappa shape index (κ3) is 3.67. The molecule has 0 radical (unpaired) electrons. The first-order chi connectivity index (χ1) is 11.2. The Morgan fingerprint density at radius 3 is 2.74 bits per heavy atom. The summed E-state index contributed by atoms with van der Waals surface area (Å²) in [5, 5.41) is 16.5. The third-order valence-corrected chi connectivity index (χ3v) is 3.03. The molecule has 0 aliphatic carbocycles. The Bertz CT molecular complexity index is 804. The first-order valence-electron chi connectivity index (χ1n) is 6.85. The number of benzene rings is 2. The Balaban J connectivity index is 1.65. The van der Waals surface area contributed by atoms with Crippen LogP contribution in [0.5, 0.6) is 0 Å². The molecule has 7 nitrogen and oxygen atoms in total. The van der Waals surface area contributed by atoms with Gasteiger partial charge >= 0.3 is 6.03 Å². The number of urea groups is 1. The first kappa shape index (κ1) is 14.6. The molecule has 0 saturated heterocycles. The monoisotopic (exact) mass is 312 g/mol. The van der Waals surface area contributed by atoms with E-state index in [2.05, 4.69) is 26.2 Å². The van der Waals surface area contributed by atoms with Crippen molar-refractivity contribution >= 4 is 11.7 Å². The van der Waals surface area contributed by atoms with Gasteiger partial charge in [-0.3, -0.25) is 0 Å². The zero-order valence-corrected chi connectivity index (χ0v) is 12.0. The number of carbonyl (C=O) groups is 1. The molecule has 116 valence electrons. The smallest absolute Gasteiger partial charge is 0.319 e. The van der Waals surface area contributed by atoms with Gasteiger partial charge in [-0.15, -0.1) is 5.10 Å². The summed E-state index contributed by atoms with van der Waals surface area (Å²) >= 11 is 0. The average Bonchev–Trinajstić information content (AvgIpc) is 3.02. The Kier molecular flexibility index (Phi) is 4.23. The van der Waals surface area contributed by atoms with Crippen molar-refractivity contribution in [3.8, 4) is 5.69 Å². The summed E-state index contributed by atoms with van der Waals surface area (Å²) in [5.74, 6) is -0.00228. The third-order valence-electron chi connectivity index (χ3n) is 3.03. The fraction of sp³-hybridized carbons (Fsp3) is 0.0667. The number of para-hydroxylation sites is 1. The van der Waals surface area contributed by atoms with Gasteiger partial charge in [0, 0.05) is 5.69 Å². The second kappa shape index (κ2) is 6.65. The molecule has 3 aromatic rings. The maximum Gasteiger partial charge on any atom is 0.319 e. The topological polar surface area (TPSA) is 84.7 Å². The molecule has 2 N–H and O–H groups in total. The lowest BCUT2D eigenvalue weighted by Gasteiger charge is -2.08. The highest BCUT2D eigenvalue weighted by atomic mass is 19.1. The van der Waals surface area contributed by atoms with Crippen LogP contribution in [0.15, 0.2) is 54.6 Å². The average molecular weight is 312 g/mol. The standard InChI is InChI=1S/C15H13FN6O/c16-11-5-4-8-13(9-11)22-14(19-20-21-22)10-17-15(23)18-12-6-2-1-3-7-12/h1-9H,10H2,(H2,17,18,23). The maximum absolute atomic E-state index is 13.3. The van der Waals surface area contributed by atoms with Crippen molar-refractivity contribution in [1.82, 2.24) is 25.5 Å². The van der Waals surface area contributed by atoms with E-state index in [1.54, 1.807) is 24.3 Å². The number of halogens is 1. The summed E-state index contributed by atoms with van der Waals surface area (Å²) in [6.45, 7) is 0.0994. The molecule has 8 heteroatoms. The van der Waals surface area contributed by atoms with E-state index in [0.29, 0.717) is 17.2 Å². The quantitative estimate of drug-likeness (QED) is 0.773. The van der Waals surface area contributed by atoms with Crippen LogP contribution in [0.4, 0.5) is 14.9 Å². The largest absolute Gasteiger partial charge is 0.330 e. The van der Waals surface area contributed by atoms with Crippen molar-refractivity contribution in [2.75, 3.05) is 5.32 Å². The van der Waals surface area contributed by atoms with E-state index in [9.17, 15) is 9.18 Å². The van der Waals surface area contributed by atoms with Gasteiger partial charge in [0.25, 0.3) is 0 Å². The fourth-order valence-corrected chi connectivity index (χ4v) is 1.98. The molecular formula is C15H13FN6O. The lowest BCUT2D eigenvalue weighted by Crippen LogP contribution is -2.29. The van der Waals surface area contributed by atoms with Gasteiger partial charge in [0.1, 0.15) is 5.82 Å². The summed E-state index contributed by atoms with van der Waals surface area (Å²) < 4.78 is 14.7. The Labute approximate surface area is 131 Å². The predicted molar refractivity (Wildman–Crippen MR) is 81.4 cm³/mol. The van der Waals surface area contributed by atoms with Crippen molar-refractivity contribution in [3.63, 3.8) is 0 Å². The number of rotatable bonds is 4. The second-order valence-corrected chi connectivity index (χ2v) is 4.66. The highest BCUT2D eigenvalue weighted by Crippen LogP contribution is 2.10. The lowest BCUT2D eigenvalue weighted by molar-refractivity contribution is 0.251. The number of hydrogen-bond donors (Lipinski definition) is 2. The van der Waals surface area contributed by atoms with Gasteiger partial charge in [-0.05, 0) is 40.8 Å². The van der Waals surface area contributed by atoms with Gasteiger partial charge in [-0.1, -0.05) is 24.3 Å². The van der Waals surface area contributed by atoms with E-state index < -0.39 is 5.82 Å². The number of nitrogens with zero attached hydrogens (tertiary/aromatic N) is 4. The highest BCUT2D eigenvalue weighted by molar-refractivity contribution is 5.89. The van der Waals surface area contributed by atoms with Crippen LogP contribution in [-0.4, -0.2) is 26.2 Å². The van der Waals surface area contributed by atoms with Crippen LogP contribution < -0.4 is 10.6 Å². The van der Waals surface area contributed by atoms with Gasteiger partial charge in [0.2, 0.25) is 0 Å². The minimum absolute atomic E-state index is 0.0994. The van der Waals surface area contributed by atoms with E-state index in [1.165, 1.54) is 16.8 Å². The number of hydrogen-bond acceptors (Lipinski definition) is 4. The molecule has 3 rings (SSSR count). The van der Waals surface area contributed by atoms with Crippen molar-refractivity contribution in [1.29, 1.82) is 0 Å². The van der Waals surface area contributed by atoms with Crippen molar-refractivity contribution in [3.05, 3.63) is 66.2 Å². The molecule has 1 aromatic heterocycles. The van der Waals surface area contributed by atoms with E-state index in [-0.39, 0.29) is 12.6 Å². The number of tetrazole rings is 1. The molecule has 23 heavy (non-hydrogen) atoms. The summed E-state index contributed by atoms with van der Waals surface area (Å²) in [6.07, 6.45) is 0. The van der Waals surface area contributed by atoms with E-state index in [1.807, 2.05) is 18.2 Å². The number of amides is 2. The van der Waals surface area contributed by atoms with Crippen LogP contribution in [-0.2, 0) is 6.54 Å². The SMILES string of the molecule is O=C(NCc1nnnn1-c1cccc(F)c1)Nc1ccccc1. The van der Waals surface area contributed by atoms with E-state index in [0.717, 1.165) is 0 Å². The van der Waals surface area contributed by atoms with Gasteiger partial charge in [-0.25, -0.2) is 9.18 Å². The molecule has 2 amide bonds. The van der Waals surface area contributed by atoms with Crippen molar-refractivity contribution in [2.45, 2.75) is 6.54 Å². The Morgan fingerprint density at radius 2 is 1.96 bits per heavy atom. The number of nitrogens with one attached hydrogen (secondary N) is 2. The Hall–Kier alpha value is -3.29. The molecule has 0 unspecified atom stereocenters. The molecular weight excluding hydrogens is 299 g/mol. The summed E-state index contributed by atoms with van der Waals surface area (Å²) in [6, 6.07) is 14.5.